The molecule has 1 unspecified atom stereocenters. The molecule has 0 aromatic carbocycles. The van der Waals surface area contributed by atoms with Crippen LogP contribution in [0.1, 0.15) is 23.9 Å². The lowest BCUT2D eigenvalue weighted by molar-refractivity contribution is 0.774. The Hall–Kier alpha value is -0.670. The highest BCUT2D eigenvalue weighted by Crippen LogP contribution is 2.39. The molecule has 15 heavy (non-hydrogen) atoms. The molecule has 1 aliphatic rings. The molecule has 2 aromatic heterocycles. The van der Waals surface area contributed by atoms with Crippen LogP contribution >= 0.6 is 23.4 Å². The monoisotopic (exact) mass is 238 g/mol. The van der Waals surface area contributed by atoms with Crippen molar-refractivity contribution in [2.24, 2.45) is 0 Å². The third-order valence-electron chi connectivity index (χ3n) is 2.75. The van der Waals surface area contributed by atoms with Gasteiger partial charge >= 0.3 is 0 Å². The van der Waals surface area contributed by atoms with E-state index in [1.807, 2.05) is 36.2 Å². The maximum absolute atomic E-state index is 6.20. The molecule has 0 saturated carbocycles. The minimum Gasteiger partial charge on any atom is -0.286 e. The molecule has 0 bridgehead atoms. The number of pyridine rings is 1. The van der Waals surface area contributed by atoms with E-state index in [0.717, 1.165) is 16.5 Å². The Bertz CT molecular complexity index is 488. The first-order valence-corrected chi connectivity index (χ1v) is 6.52. The van der Waals surface area contributed by atoms with Gasteiger partial charge in [-0.3, -0.25) is 4.40 Å². The van der Waals surface area contributed by atoms with Crippen LogP contribution in [0.5, 0.6) is 0 Å². The van der Waals surface area contributed by atoms with E-state index < -0.39 is 0 Å². The molecule has 0 aliphatic carbocycles. The Labute approximate surface area is 97.6 Å². The van der Waals surface area contributed by atoms with Crippen LogP contribution in [0.4, 0.5) is 0 Å². The molecule has 0 spiro atoms. The summed E-state index contributed by atoms with van der Waals surface area (Å²) in [5, 5.41) is 1.28. The van der Waals surface area contributed by atoms with E-state index in [2.05, 4.69) is 9.38 Å². The van der Waals surface area contributed by atoms with Gasteiger partial charge in [0.2, 0.25) is 0 Å². The van der Waals surface area contributed by atoms with E-state index in [4.69, 9.17) is 11.6 Å². The SMILES string of the molecule is Clc1cccc2cnc(C3CCCS3)n12. The molecule has 4 heteroatoms. The quantitative estimate of drug-likeness (QED) is 0.707. The average molecular weight is 239 g/mol. The largest absolute Gasteiger partial charge is 0.286 e. The average Bonchev–Trinajstić information content (AvgIpc) is 2.85. The Kier molecular flexibility index (Phi) is 2.37. The van der Waals surface area contributed by atoms with Gasteiger partial charge in [0.05, 0.1) is 17.0 Å². The predicted molar refractivity (Wildman–Crippen MR) is 64.6 cm³/mol. The molecule has 1 saturated heterocycles. The molecule has 2 aromatic rings. The van der Waals surface area contributed by atoms with Crippen molar-refractivity contribution in [1.82, 2.24) is 9.38 Å². The summed E-state index contributed by atoms with van der Waals surface area (Å²) in [6, 6.07) is 5.92. The van der Waals surface area contributed by atoms with Gasteiger partial charge in [-0.15, -0.1) is 0 Å². The summed E-state index contributed by atoms with van der Waals surface area (Å²) in [5.74, 6) is 2.35. The topological polar surface area (TPSA) is 17.3 Å². The highest BCUT2D eigenvalue weighted by molar-refractivity contribution is 7.99. The first kappa shape index (κ1) is 9.55. The van der Waals surface area contributed by atoms with Crippen molar-refractivity contribution in [3.8, 4) is 0 Å². The summed E-state index contributed by atoms with van der Waals surface area (Å²) < 4.78 is 2.06. The highest BCUT2D eigenvalue weighted by Gasteiger charge is 2.22. The summed E-state index contributed by atoms with van der Waals surface area (Å²) in [6.45, 7) is 0. The van der Waals surface area contributed by atoms with Crippen molar-refractivity contribution < 1.29 is 0 Å². The zero-order chi connectivity index (χ0) is 10.3. The number of hydrogen-bond donors (Lipinski definition) is 0. The third kappa shape index (κ3) is 1.54. The fourth-order valence-electron chi connectivity index (χ4n) is 2.04. The smallest absolute Gasteiger partial charge is 0.127 e. The molecule has 3 heterocycles. The van der Waals surface area contributed by atoms with Crippen LogP contribution in [-0.2, 0) is 0 Å². The number of aromatic nitrogens is 2. The summed E-state index contributed by atoms with van der Waals surface area (Å²) >= 11 is 8.18. The fraction of sp³-hybridized carbons (Fsp3) is 0.364. The fourth-order valence-corrected chi connectivity index (χ4v) is 3.56. The maximum Gasteiger partial charge on any atom is 0.127 e. The Balaban J connectivity index is 2.18. The Morgan fingerprint density at radius 2 is 2.40 bits per heavy atom. The van der Waals surface area contributed by atoms with Gasteiger partial charge in [-0.2, -0.15) is 11.8 Å². The lowest BCUT2D eigenvalue weighted by Crippen LogP contribution is -1.98. The molecule has 1 fully saturated rings. The molecular weight excluding hydrogens is 228 g/mol. The first-order chi connectivity index (χ1) is 7.36. The van der Waals surface area contributed by atoms with Crippen LogP contribution < -0.4 is 0 Å². The zero-order valence-corrected chi connectivity index (χ0v) is 9.76. The lowest BCUT2D eigenvalue weighted by Gasteiger charge is -2.08. The van der Waals surface area contributed by atoms with Crippen molar-refractivity contribution in [3.63, 3.8) is 0 Å². The van der Waals surface area contributed by atoms with Gasteiger partial charge in [-0.05, 0) is 30.7 Å². The number of rotatable bonds is 1. The molecule has 2 nitrogen and oxygen atoms in total. The van der Waals surface area contributed by atoms with E-state index >= 15 is 0 Å². The van der Waals surface area contributed by atoms with Crippen molar-refractivity contribution >= 4 is 28.9 Å². The molecule has 1 aliphatic heterocycles. The second kappa shape index (κ2) is 3.72. The second-order valence-corrected chi connectivity index (χ2v) is 5.42. The normalized spacial score (nSPS) is 21.3. The Morgan fingerprint density at radius 3 is 3.20 bits per heavy atom. The molecule has 0 radical (unpaired) electrons. The minimum atomic E-state index is 0.521. The third-order valence-corrected chi connectivity index (χ3v) is 4.42. The van der Waals surface area contributed by atoms with E-state index in [0.29, 0.717) is 5.25 Å². The van der Waals surface area contributed by atoms with Gasteiger partial charge in [-0.25, -0.2) is 4.98 Å². The molecule has 0 N–H and O–H groups in total. The predicted octanol–water partition coefficient (Wildman–Crippen LogP) is 3.56. The summed E-state index contributed by atoms with van der Waals surface area (Å²) in [5.41, 5.74) is 1.09. The number of fused-ring (bicyclic) bond motifs is 1. The zero-order valence-electron chi connectivity index (χ0n) is 8.19. The Morgan fingerprint density at radius 1 is 1.47 bits per heavy atom. The van der Waals surface area contributed by atoms with Gasteiger partial charge < -0.3 is 0 Å². The van der Waals surface area contributed by atoms with Crippen LogP contribution in [0.3, 0.4) is 0 Å². The minimum absolute atomic E-state index is 0.521. The van der Waals surface area contributed by atoms with Crippen molar-refractivity contribution in [3.05, 3.63) is 35.4 Å². The summed E-state index contributed by atoms with van der Waals surface area (Å²) in [6.07, 6.45) is 4.41. The standard InChI is InChI=1S/C11H11ClN2S/c12-10-5-1-3-8-7-13-11(14(8)10)9-4-2-6-15-9/h1,3,5,7,9H,2,4,6H2. The number of hydrogen-bond acceptors (Lipinski definition) is 2. The number of thioether (sulfide) groups is 1. The second-order valence-electron chi connectivity index (χ2n) is 3.73. The van der Waals surface area contributed by atoms with Crippen LogP contribution in [0, 0.1) is 0 Å². The van der Waals surface area contributed by atoms with Crippen LogP contribution in [0.15, 0.2) is 24.4 Å². The van der Waals surface area contributed by atoms with Gasteiger partial charge in [-0.1, -0.05) is 17.7 Å². The summed E-state index contributed by atoms with van der Waals surface area (Å²) in [7, 11) is 0. The lowest BCUT2D eigenvalue weighted by atomic mass is 10.2. The van der Waals surface area contributed by atoms with E-state index in [1.165, 1.54) is 18.6 Å². The van der Waals surface area contributed by atoms with Gasteiger partial charge in [0.1, 0.15) is 11.0 Å². The maximum atomic E-state index is 6.20. The van der Waals surface area contributed by atoms with E-state index in [-0.39, 0.29) is 0 Å². The van der Waals surface area contributed by atoms with Gasteiger partial charge in [0.25, 0.3) is 0 Å². The van der Waals surface area contributed by atoms with Crippen molar-refractivity contribution in [2.75, 3.05) is 5.75 Å². The van der Waals surface area contributed by atoms with Crippen molar-refractivity contribution in [2.45, 2.75) is 18.1 Å². The number of halogens is 1. The van der Waals surface area contributed by atoms with Crippen LogP contribution in [0.25, 0.3) is 5.52 Å². The molecule has 1 atom stereocenters. The van der Waals surface area contributed by atoms with E-state index in [9.17, 15) is 0 Å². The van der Waals surface area contributed by atoms with Crippen LogP contribution in [0.2, 0.25) is 5.15 Å². The van der Waals surface area contributed by atoms with Crippen molar-refractivity contribution in [1.29, 1.82) is 0 Å². The summed E-state index contributed by atoms with van der Waals surface area (Å²) in [4.78, 5) is 4.50. The highest BCUT2D eigenvalue weighted by atomic mass is 35.5. The number of nitrogens with zero attached hydrogens (tertiary/aromatic N) is 2. The van der Waals surface area contributed by atoms with Gasteiger partial charge in [0, 0.05) is 0 Å². The molecule has 3 rings (SSSR count). The number of imidazole rings is 1. The van der Waals surface area contributed by atoms with E-state index in [1.54, 1.807) is 0 Å². The van der Waals surface area contributed by atoms with Gasteiger partial charge in [0.15, 0.2) is 0 Å². The molecular formula is C11H11ClN2S. The molecule has 78 valence electrons. The first-order valence-electron chi connectivity index (χ1n) is 5.10. The molecule has 0 amide bonds. The van der Waals surface area contributed by atoms with Crippen LogP contribution in [-0.4, -0.2) is 15.1 Å².